The highest BCUT2D eigenvalue weighted by Gasteiger charge is 2.27. The van der Waals surface area contributed by atoms with Gasteiger partial charge in [0.25, 0.3) is 0 Å². The van der Waals surface area contributed by atoms with Gasteiger partial charge in [0.2, 0.25) is 5.91 Å². The van der Waals surface area contributed by atoms with Crippen LogP contribution in [0.3, 0.4) is 0 Å². The lowest BCUT2D eigenvalue weighted by atomic mass is 10.0. The molecule has 1 aromatic heterocycles. The van der Waals surface area contributed by atoms with Crippen LogP contribution in [-0.4, -0.2) is 77.7 Å². The van der Waals surface area contributed by atoms with Gasteiger partial charge in [0, 0.05) is 63.6 Å². The number of anilines is 1. The lowest BCUT2D eigenvalue weighted by Gasteiger charge is -2.35. The number of nitrogens with one attached hydrogen (secondary N) is 1. The number of carboxylic acid groups (broad SMARTS) is 1. The molecule has 0 bridgehead atoms. The summed E-state index contributed by atoms with van der Waals surface area (Å²) in [5.74, 6) is -0.845. The Morgan fingerprint density at radius 3 is 2.50 bits per heavy atom. The average Bonchev–Trinajstić information content (AvgIpc) is 2.80. The van der Waals surface area contributed by atoms with E-state index in [1.54, 1.807) is 24.4 Å². The van der Waals surface area contributed by atoms with E-state index in [2.05, 4.69) is 20.1 Å². The Labute approximate surface area is 186 Å². The third-order valence-corrected chi connectivity index (χ3v) is 5.66. The molecule has 32 heavy (non-hydrogen) atoms. The molecular formula is C23H28N4O5. The van der Waals surface area contributed by atoms with E-state index in [-0.39, 0.29) is 12.3 Å². The molecule has 2 aliphatic rings. The maximum absolute atomic E-state index is 12.5. The molecule has 0 saturated carbocycles. The molecule has 170 valence electrons. The lowest BCUT2D eigenvalue weighted by Crippen LogP contribution is -2.48. The highest BCUT2D eigenvalue weighted by atomic mass is 16.6. The van der Waals surface area contributed by atoms with Gasteiger partial charge in [-0.3, -0.25) is 24.4 Å². The smallest absolute Gasteiger partial charge is 0.308 e. The minimum Gasteiger partial charge on any atom is -0.486 e. The Balaban J connectivity index is 1.26. The Bertz CT molecular complexity index is 931. The van der Waals surface area contributed by atoms with E-state index in [0.29, 0.717) is 36.9 Å². The van der Waals surface area contributed by atoms with Crippen molar-refractivity contribution in [3.05, 3.63) is 48.3 Å². The van der Waals surface area contributed by atoms with Crippen molar-refractivity contribution >= 4 is 17.6 Å². The Morgan fingerprint density at radius 1 is 1.03 bits per heavy atom. The van der Waals surface area contributed by atoms with Gasteiger partial charge in [0.05, 0.1) is 11.6 Å². The number of hydrogen-bond acceptors (Lipinski definition) is 7. The molecule has 1 aromatic carbocycles. The summed E-state index contributed by atoms with van der Waals surface area (Å²) in [6.07, 6.45) is 1.71. The number of ether oxygens (including phenoxy) is 2. The number of piperazine rings is 1. The molecular weight excluding hydrogens is 412 g/mol. The number of amides is 1. The molecule has 9 nitrogen and oxygen atoms in total. The summed E-state index contributed by atoms with van der Waals surface area (Å²) in [7, 11) is 0. The number of carboxylic acids is 1. The SMILES string of the molecule is O=C(C[C@H](CN1CCN(Cc2ccccn2)CC1)C(=O)O)Nc1ccc2c(c1)OCCO2. The van der Waals surface area contributed by atoms with Crippen molar-refractivity contribution in [3.63, 3.8) is 0 Å². The van der Waals surface area contributed by atoms with Crippen LogP contribution in [0.25, 0.3) is 0 Å². The molecule has 0 unspecified atom stereocenters. The third kappa shape index (κ3) is 5.95. The van der Waals surface area contributed by atoms with Crippen molar-refractivity contribution in [1.82, 2.24) is 14.8 Å². The van der Waals surface area contributed by atoms with E-state index in [1.807, 2.05) is 18.2 Å². The van der Waals surface area contributed by atoms with Gasteiger partial charge in [0.1, 0.15) is 13.2 Å². The zero-order valence-electron chi connectivity index (χ0n) is 17.9. The Hall–Kier alpha value is -3.17. The molecule has 2 aromatic rings. The summed E-state index contributed by atoms with van der Waals surface area (Å²) in [6.45, 7) is 5.30. The van der Waals surface area contributed by atoms with Crippen LogP contribution < -0.4 is 14.8 Å². The molecule has 0 radical (unpaired) electrons. The monoisotopic (exact) mass is 440 g/mol. The number of pyridine rings is 1. The van der Waals surface area contributed by atoms with Gasteiger partial charge in [-0.1, -0.05) is 6.07 Å². The number of carbonyl (C=O) groups excluding carboxylic acids is 1. The van der Waals surface area contributed by atoms with Crippen LogP contribution in [0.15, 0.2) is 42.6 Å². The predicted octanol–water partition coefficient (Wildman–Crippen LogP) is 1.70. The molecule has 2 N–H and O–H groups in total. The van der Waals surface area contributed by atoms with Gasteiger partial charge >= 0.3 is 5.97 Å². The van der Waals surface area contributed by atoms with Crippen molar-refractivity contribution in [1.29, 1.82) is 0 Å². The first-order valence-corrected chi connectivity index (χ1v) is 10.8. The van der Waals surface area contributed by atoms with E-state index < -0.39 is 11.9 Å². The van der Waals surface area contributed by atoms with Crippen molar-refractivity contribution < 1.29 is 24.2 Å². The minimum absolute atomic E-state index is 0.0854. The quantitative estimate of drug-likeness (QED) is 0.639. The van der Waals surface area contributed by atoms with Gasteiger partial charge in [0.15, 0.2) is 11.5 Å². The van der Waals surface area contributed by atoms with E-state index >= 15 is 0 Å². The zero-order valence-corrected chi connectivity index (χ0v) is 17.9. The number of fused-ring (bicyclic) bond motifs is 1. The van der Waals surface area contributed by atoms with Gasteiger partial charge in [-0.05, 0) is 24.3 Å². The number of hydrogen-bond donors (Lipinski definition) is 2. The van der Waals surface area contributed by atoms with E-state index in [0.717, 1.165) is 38.4 Å². The highest BCUT2D eigenvalue weighted by Crippen LogP contribution is 2.32. The number of aromatic nitrogens is 1. The fraction of sp³-hybridized carbons (Fsp3) is 0.435. The third-order valence-electron chi connectivity index (χ3n) is 5.66. The Morgan fingerprint density at radius 2 is 1.78 bits per heavy atom. The minimum atomic E-state index is -0.960. The van der Waals surface area contributed by atoms with E-state index in [1.165, 1.54) is 0 Å². The summed E-state index contributed by atoms with van der Waals surface area (Å²) < 4.78 is 11.0. The second kappa shape index (κ2) is 10.4. The van der Waals surface area contributed by atoms with Crippen LogP contribution in [0.5, 0.6) is 11.5 Å². The molecule has 9 heteroatoms. The normalized spacial score (nSPS) is 17.5. The molecule has 1 fully saturated rings. The van der Waals surface area contributed by atoms with Crippen molar-refractivity contribution in [3.8, 4) is 11.5 Å². The fourth-order valence-corrected chi connectivity index (χ4v) is 3.95. The molecule has 0 spiro atoms. The summed E-state index contributed by atoms with van der Waals surface area (Å²) in [5.41, 5.74) is 1.59. The van der Waals surface area contributed by atoms with Crippen molar-refractivity contribution in [2.75, 3.05) is 51.3 Å². The van der Waals surface area contributed by atoms with E-state index in [4.69, 9.17) is 9.47 Å². The molecule has 1 saturated heterocycles. The van der Waals surface area contributed by atoms with Gasteiger partial charge in [-0.2, -0.15) is 0 Å². The number of aliphatic carboxylic acids is 1. The van der Waals surface area contributed by atoms with Gasteiger partial charge < -0.3 is 19.9 Å². The molecule has 1 atom stereocenters. The maximum atomic E-state index is 12.5. The van der Waals surface area contributed by atoms with Crippen LogP contribution in [0.2, 0.25) is 0 Å². The first kappa shape index (κ1) is 22.0. The first-order valence-electron chi connectivity index (χ1n) is 10.8. The molecule has 0 aliphatic carbocycles. The fourth-order valence-electron chi connectivity index (χ4n) is 3.95. The van der Waals surface area contributed by atoms with Crippen LogP contribution >= 0.6 is 0 Å². The van der Waals surface area contributed by atoms with Gasteiger partial charge in [-0.25, -0.2) is 0 Å². The average molecular weight is 441 g/mol. The van der Waals surface area contributed by atoms with Crippen molar-refractivity contribution in [2.45, 2.75) is 13.0 Å². The summed E-state index contributed by atoms with van der Waals surface area (Å²) in [4.78, 5) is 33.1. The maximum Gasteiger partial charge on any atom is 0.308 e. The summed E-state index contributed by atoms with van der Waals surface area (Å²) in [5, 5.41) is 12.4. The van der Waals surface area contributed by atoms with Crippen LogP contribution in [0, 0.1) is 5.92 Å². The molecule has 1 amide bonds. The van der Waals surface area contributed by atoms with Crippen LogP contribution in [0.1, 0.15) is 12.1 Å². The van der Waals surface area contributed by atoms with Crippen LogP contribution in [-0.2, 0) is 16.1 Å². The molecule has 4 rings (SSSR count). The van der Waals surface area contributed by atoms with Gasteiger partial charge in [-0.15, -0.1) is 0 Å². The number of nitrogens with zero attached hydrogens (tertiary/aromatic N) is 3. The lowest BCUT2D eigenvalue weighted by molar-refractivity contribution is -0.144. The number of rotatable bonds is 8. The van der Waals surface area contributed by atoms with E-state index in [9.17, 15) is 14.7 Å². The van der Waals surface area contributed by atoms with Crippen molar-refractivity contribution in [2.24, 2.45) is 5.92 Å². The molecule has 3 heterocycles. The standard InChI is InChI=1S/C23H28N4O5/c28-22(25-18-4-5-20-21(14-18)32-12-11-31-20)13-17(23(29)30)15-26-7-9-27(10-8-26)16-19-3-1-2-6-24-19/h1-6,14,17H,7-13,15-16H2,(H,25,28)(H,29,30)/t17-/m1/s1. The predicted molar refractivity (Wildman–Crippen MR) is 118 cm³/mol. The number of carbonyl (C=O) groups is 2. The highest BCUT2D eigenvalue weighted by molar-refractivity contribution is 5.93. The Kier molecular flexibility index (Phi) is 7.18. The second-order valence-electron chi connectivity index (χ2n) is 8.04. The summed E-state index contributed by atoms with van der Waals surface area (Å²) >= 11 is 0. The summed E-state index contributed by atoms with van der Waals surface area (Å²) in [6, 6.07) is 11.0. The number of benzene rings is 1. The van der Waals surface area contributed by atoms with Crippen LogP contribution in [0.4, 0.5) is 5.69 Å². The first-order chi connectivity index (χ1) is 15.6. The topological polar surface area (TPSA) is 104 Å². The largest absolute Gasteiger partial charge is 0.486 e. The zero-order chi connectivity index (χ0) is 22.3. The second-order valence-corrected chi connectivity index (χ2v) is 8.04. The molecule has 2 aliphatic heterocycles.